The van der Waals surface area contributed by atoms with Crippen molar-refractivity contribution in [3.63, 3.8) is 0 Å². The molecule has 9 rings (SSSR count). The monoisotopic (exact) mass is 544 g/mol. The molecule has 41 heavy (non-hydrogen) atoms. The largest absolute Gasteiger partial charge is 0.455 e. The van der Waals surface area contributed by atoms with Gasteiger partial charge in [0.25, 0.3) is 0 Å². The normalized spacial score (nSPS) is 12.0. The van der Waals surface area contributed by atoms with E-state index < -0.39 is 0 Å². The van der Waals surface area contributed by atoms with Crippen molar-refractivity contribution in [3.8, 4) is 22.3 Å². The van der Waals surface area contributed by atoms with Gasteiger partial charge in [-0.1, -0.05) is 84.9 Å². The van der Waals surface area contributed by atoms with E-state index in [0.717, 1.165) is 86.3 Å². The van der Waals surface area contributed by atoms with Crippen LogP contribution in [0.4, 0.5) is 0 Å². The van der Waals surface area contributed by atoms with E-state index in [1.165, 1.54) is 0 Å². The third kappa shape index (κ3) is 3.28. The summed E-state index contributed by atoms with van der Waals surface area (Å²) in [7, 11) is 0. The maximum absolute atomic E-state index is 13.6. The molecule has 3 aromatic heterocycles. The molecular formula is C37H20O3S. The highest BCUT2D eigenvalue weighted by Crippen LogP contribution is 2.39. The molecule has 0 bridgehead atoms. The van der Waals surface area contributed by atoms with Gasteiger partial charge in [-0.25, -0.2) is 0 Å². The Kier molecular flexibility index (Phi) is 4.63. The molecule has 0 aliphatic rings. The second kappa shape index (κ2) is 8.40. The molecule has 6 aromatic carbocycles. The molecule has 0 amide bonds. The molecule has 0 aliphatic heterocycles. The summed E-state index contributed by atoms with van der Waals surface area (Å²) in [5.74, 6) is 0. The number of hydrogen-bond acceptors (Lipinski definition) is 4. The Labute approximate surface area is 237 Å². The van der Waals surface area contributed by atoms with Gasteiger partial charge in [0.05, 0.1) is 0 Å². The minimum atomic E-state index is 0.0516. The Bertz CT molecular complexity index is 2390. The Morgan fingerprint density at radius 1 is 0.439 bits per heavy atom. The van der Waals surface area contributed by atoms with Crippen molar-refractivity contribution in [2.45, 2.75) is 0 Å². The predicted molar refractivity (Wildman–Crippen MR) is 171 cm³/mol. The van der Waals surface area contributed by atoms with Gasteiger partial charge >= 0.3 is 0 Å². The van der Waals surface area contributed by atoms with Gasteiger partial charge in [0.15, 0.2) is 5.43 Å². The minimum Gasteiger partial charge on any atom is -0.455 e. The van der Waals surface area contributed by atoms with Gasteiger partial charge in [0.2, 0.25) is 0 Å². The SMILES string of the molecule is O=c1c2ccc(-c3cccc4c3oc3ccccc34)cc2sc2cc(-c3cccc4c3oc3ccccc34)ccc12. The zero-order chi connectivity index (χ0) is 27.1. The summed E-state index contributed by atoms with van der Waals surface area (Å²) in [6, 6.07) is 40.9. The summed E-state index contributed by atoms with van der Waals surface area (Å²) in [5.41, 5.74) is 7.62. The molecule has 3 nitrogen and oxygen atoms in total. The smallest absolute Gasteiger partial charge is 0.195 e. The average Bonchev–Trinajstić information content (AvgIpc) is 3.59. The van der Waals surface area contributed by atoms with Gasteiger partial charge in [-0.05, 0) is 47.5 Å². The van der Waals surface area contributed by atoms with Crippen LogP contribution in [0.15, 0.2) is 135 Å². The topological polar surface area (TPSA) is 43.4 Å². The summed E-state index contributed by atoms with van der Waals surface area (Å²) in [6.45, 7) is 0. The van der Waals surface area contributed by atoms with Crippen molar-refractivity contribution >= 4 is 75.4 Å². The van der Waals surface area contributed by atoms with Crippen molar-refractivity contribution in [1.82, 2.24) is 0 Å². The summed E-state index contributed by atoms with van der Waals surface area (Å²) >= 11 is 1.64. The highest BCUT2D eigenvalue weighted by Gasteiger charge is 2.16. The van der Waals surface area contributed by atoms with Crippen LogP contribution in [0.2, 0.25) is 0 Å². The van der Waals surface area contributed by atoms with Crippen LogP contribution in [0, 0.1) is 0 Å². The quantitative estimate of drug-likeness (QED) is 0.203. The number of rotatable bonds is 2. The molecule has 3 heterocycles. The molecule has 4 heteroatoms. The van der Waals surface area contributed by atoms with Crippen LogP contribution < -0.4 is 5.43 Å². The van der Waals surface area contributed by atoms with Crippen LogP contribution in [0.1, 0.15) is 0 Å². The summed E-state index contributed by atoms with van der Waals surface area (Å²) < 4.78 is 14.5. The molecule has 0 fully saturated rings. The number of para-hydroxylation sites is 4. The van der Waals surface area contributed by atoms with Crippen molar-refractivity contribution in [1.29, 1.82) is 0 Å². The maximum atomic E-state index is 13.6. The number of benzene rings is 6. The van der Waals surface area contributed by atoms with Crippen molar-refractivity contribution in [2.75, 3.05) is 0 Å². The lowest BCUT2D eigenvalue weighted by molar-refractivity contribution is 0.669. The lowest BCUT2D eigenvalue weighted by atomic mass is 10.0. The summed E-state index contributed by atoms with van der Waals surface area (Å²) in [4.78, 5) is 13.6. The van der Waals surface area contributed by atoms with Gasteiger partial charge in [0, 0.05) is 52.8 Å². The van der Waals surface area contributed by atoms with Crippen LogP contribution in [0.5, 0.6) is 0 Å². The lowest BCUT2D eigenvalue weighted by Crippen LogP contribution is -2.01. The van der Waals surface area contributed by atoms with E-state index in [1.807, 2.05) is 60.7 Å². The first kappa shape index (κ1) is 22.6. The highest BCUT2D eigenvalue weighted by atomic mass is 32.1. The van der Waals surface area contributed by atoms with Gasteiger partial charge in [-0.15, -0.1) is 11.3 Å². The number of fused-ring (bicyclic) bond motifs is 8. The zero-order valence-electron chi connectivity index (χ0n) is 21.7. The van der Waals surface area contributed by atoms with Crippen LogP contribution in [-0.4, -0.2) is 0 Å². The third-order valence-electron chi connectivity index (χ3n) is 8.10. The van der Waals surface area contributed by atoms with Crippen LogP contribution >= 0.6 is 11.3 Å². The van der Waals surface area contributed by atoms with Gasteiger partial charge in [-0.2, -0.15) is 0 Å². The molecule has 0 saturated heterocycles. The molecule has 9 aromatic rings. The van der Waals surface area contributed by atoms with E-state index in [2.05, 4.69) is 60.7 Å². The predicted octanol–water partition coefficient (Wildman–Crippen LogP) is 10.5. The molecule has 0 radical (unpaired) electrons. The second-order valence-electron chi connectivity index (χ2n) is 10.4. The summed E-state index contributed by atoms with van der Waals surface area (Å²) in [5, 5.41) is 5.86. The average molecular weight is 545 g/mol. The molecule has 0 spiro atoms. The minimum absolute atomic E-state index is 0.0516. The fourth-order valence-electron chi connectivity index (χ4n) is 6.14. The molecular weight excluding hydrogens is 524 g/mol. The number of hydrogen-bond donors (Lipinski definition) is 0. The Morgan fingerprint density at radius 3 is 1.41 bits per heavy atom. The van der Waals surface area contributed by atoms with E-state index in [1.54, 1.807) is 11.3 Å². The van der Waals surface area contributed by atoms with E-state index in [-0.39, 0.29) is 5.43 Å². The fraction of sp³-hybridized carbons (Fsp3) is 0. The van der Waals surface area contributed by atoms with Gasteiger partial charge < -0.3 is 8.83 Å². The molecule has 0 aliphatic carbocycles. The van der Waals surface area contributed by atoms with Crippen molar-refractivity contribution in [3.05, 3.63) is 132 Å². The summed E-state index contributed by atoms with van der Waals surface area (Å²) in [6.07, 6.45) is 0. The first-order valence-electron chi connectivity index (χ1n) is 13.5. The third-order valence-corrected chi connectivity index (χ3v) is 9.22. The molecule has 192 valence electrons. The van der Waals surface area contributed by atoms with Gasteiger partial charge in [0.1, 0.15) is 22.3 Å². The van der Waals surface area contributed by atoms with Crippen molar-refractivity contribution in [2.24, 2.45) is 0 Å². The van der Waals surface area contributed by atoms with E-state index >= 15 is 0 Å². The lowest BCUT2D eigenvalue weighted by Gasteiger charge is -2.08. The zero-order valence-corrected chi connectivity index (χ0v) is 22.5. The molecule has 0 atom stereocenters. The van der Waals surface area contributed by atoms with E-state index in [4.69, 9.17) is 8.83 Å². The maximum Gasteiger partial charge on any atom is 0.195 e. The number of furan rings is 2. The molecule has 0 N–H and O–H groups in total. The Balaban J connectivity index is 1.24. The fourth-order valence-corrected chi connectivity index (χ4v) is 7.29. The molecule has 0 saturated carbocycles. The standard InChI is InChI=1S/C37H20O3S/c38-35-29-17-15-21(23-9-5-11-27-25-7-1-3-13-31(25)39-36(23)27)19-33(29)41-34-20-22(16-18-30(34)35)24-10-6-12-28-26-8-2-4-14-32(26)40-37(24)28/h1-20H. The van der Waals surface area contributed by atoms with Crippen LogP contribution in [0.25, 0.3) is 86.3 Å². The second-order valence-corrected chi connectivity index (χ2v) is 11.5. The van der Waals surface area contributed by atoms with Crippen molar-refractivity contribution < 1.29 is 8.83 Å². The highest BCUT2D eigenvalue weighted by molar-refractivity contribution is 7.24. The first-order chi connectivity index (χ1) is 20.2. The van der Waals surface area contributed by atoms with E-state index in [0.29, 0.717) is 0 Å². The van der Waals surface area contributed by atoms with E-state index in [9.17, 15) is 4.79 Å². The Morgan fingerprint density at radius 2 is 0.902 bits per heavy atom. The van der Waals surface area contributed by atoms with Crippen LogP contribution in [-0.2, 0) is 0 Å². The first-order valence-corrected chi connectivity index (χ1v) is 14.4. The van der Waals surface area contributed by atoms with Gasteiger partial charge in [-0.3, -0.25) is 4.79 Å². The molecule has 0 unspecified atom stereocenters. The Hall–Kier alpha value is -5.19. The van der Waals surface area contributed by atoms with Crippen LogP contribution in [0.3, 0.4) is 0 Å².